The molecule has 29 heavy (non-hydrogen) atoms. The Balaban J connectivity index is 1.83. The summed E-state index contributed by atoms with van der Waals surface area (Å²) in [5.74, 6) is -1.00. The highest BCUT2D eigenvalue weighted by molar-refractivity contribution is 6.05. The Morgan fingerprint density at radius 3 is 2.55 bits per heavy atom. The van der Waals surface area contributed by atoms with Crippen LogP contribution in [0.5, 0.6) is 0 Å². The molecule has 0 bridgehead atoms. The monoisotopic (exact) mass is 393 g/mol. The van der Waals surface area contributed by atoms with Gasteiger partial charge in [0.25, 0.3) is 11.5 Å². The van der Waals surface area contributed by atoms with Gasteiger partial charge in [-0.05, 0) is 48.4 Å². The molecule has 2 amide bonds. The number of amides is 2. The Morgan fingerprint density at radius 2 is 1.83 bits per heavy atom. The molecule has 0 saturated heterocycles. The molecular weight excluding hydrogens is 373 g/mol. The zero-order valence-electron chi connectivity index (χ0n) is 16.0. The summed E-state index contributed by atoms with van der Waals surface area (Å²) in [6, 6.07) is 13.9. The van der Waals surface area contributed by atoms with E-state index in [1.807, 2.05) is 6.92 Å². The quantitative estimate of drug-likeness (QED) is 0.696. The lowest BCUT2D eigenvalue weighted by Gasteiger charge is -2.12. The Labute approximate surface area is 167 Å². The SMILES string of the molecule is CC(=O)Nc1ccc(C)c(NC(=O)c2ccc(=O)n(Cc3cccc(F)c3)c2)c1. The standard InChI is InChI=1S/C22H20FN3O3/c1-14-6-8-19(24-15(2)27)11-20(14)25-22(29)17-7-9-21(28)26(13-17)12-16-4-3-5-18(23)10-16/h3-11,13H,12H2,1-2H3,(H,24,27)(H,25,29). The van der Waals surface area contributed by atoms with Crippen LogP contribution in [0.25, 0.3) is 0 Å². The first kappa shape index (κ1) is 20.0. The summed E-state index contributed by atoms with van der Waals surface area (Å²) in [4.78, 5) is 36.1. The summed E-state index contributed by atoms with van der Waals surface area (Å²) < 4.78 is 14.7. The lowest BCUT2D eigenvalue weighted by Crippen LogP contribution is -2.22. The number of nitrogens with zero attached hydrogens (tertiary/aromatic N) is 1. The minimum atomic E-state index is -0.402. The van der Waals surface area contributed by atoms with E-state index in [9.17, 15) is 18.8 Å². The van der Waals surface area contributed by atoms with Crippen LogP contribution < -0.4 is 16.2 Å². The summed E-state index contributed by atoms with van der Waals surface area (Å²) >= 11 is 0. The van der Waals surface area contributed by atoms with Gasteiger partial charge in [0, 0.05) is 30.6 Å². The van der Waals surface area contributed by atoms with Crippen LogP contribution in [0.2, 0.25) is 0 Å². The number of pyridine rings is 1. The number of carbonyl (C=O) groups is 2. The van der Waals surface area contributed by atoms with Crippen molar-refractivity contribution in [2.45, 2.75) is 20.4 Å². The van der Waals surface area contributed by atoms with E-state index in [0.717, 1.165) is 5.56 Å². The van der Waals surface area contributed by atoms with Crippen LogP contribution in [-0.4, -0.2) is 16.4 Å². The molecule has 0 saturated carbocycles. The van der Waals surface area contributed by atoms with Gasteiger partial charge in [-0.15, -0.1) is 0 Å². The molecule has 0 radical (unpaired) electrons. The predicted octanol–water partition coefficient (Wildman–Crippen LogP) is 3.55. The number of rotatable bonds is 5. The Morgan fingerprint density at radius 1 is 1.03 bits per heavy atom. The maximum atomic E-state index is 13.4. The Bertz CT molecular complexity index is 1140. The molecule has 7 heteroatoms. The maximum absolute atomic E-state index is 13.4. The summed E-state index contributed by atoms with van der Waals surface area (Å²) in [7, 11) is 0. The molecule has 3 rings (SSSR count). The van der Waals surface area contributed by atoms with Gasteiger partial charge < -0.3 is 15.2 Å². The Kier molecular flexibility index (Phi) is 5.87. The van der Waals surface area contributed by atoms with E-state index in [4.69, 9.17) is 0 Å². The topological polar surface area (TPSA) is 80.2 Å². The largest absolute Gasteiger partial charge is 0.326 e. The van der Waals surface area contributed by atoms with Gasteiger partial charge in [-0.25, -0.2) is 4.39 Å². The molecule has 6 nitrogen and oxygen atoms in total. The average molecular weight is 393 g/mol. The van der Waals surface area contributed by atoms with Crippen LogP contribution in [0.15, 0.2) is 65.6 Å². The fourth-order valence-electron chi connectivity index (χ4n) is 2.85. The van der Waals surface area contributed by atoms with Gasteiger partial charge in [0.2, 0.25) is 5.91 Å². The van der Waals surface area contributed by atoms with Gasteiger partial charge >= 0.3 is 0 Å². The van der Waals surface area contributed by atoms with Gasteiger partial charge in [0.15, 0.2) is 0 Å². The van der Waals surface area contributed by atoms with Crippen molar-refractivity contribution in [1.29, 1.82) is 0 Å². The van der Waals surface area contributed by atoms with Crippen molar-refractivity contribution in [2.75, 3.05) is 10.6 Å². The fraction of sp³-hybridized carbons (Fsp3) is 0.136. The van der Waals surface area contributed by atoms with Gasteiger partial charge in [-0.3, -0.25) is 14.4 Å². The van der Waals surface area contributed by atoms with Crippen LogP contribution in [0.3, 0.4) is 0 Å². The smallest absolute Gasteiger partial charge is 0.257 e. The summed E-state index contributed by atoms with van der Waals surface area (Å²) in [6.07, 6.45) is 1.44. The second-order valence-corrected chi connectivity index (χ2v) is 6.68. The normalized spacial score (nSPS) is 10.4. The molecule has 2 N–H and O–H groups in total. The van der Waals surface area contributed by atoms with Gasteiger partial charge in [0.1, 0.15) is 5.82 Å². The third kappa shape index (κ3) is 5.16. The van der Waals surface area contributed by atoms with Crippen molar-refractivity contribution in [1.82, 2.24) is 4.57 Å². The summed E-state index contributed by atoms with van der Waals surface area (Å²) in [5, 5.41) is 5.46. The molecule has 0 spiro atoms. The molecule has 1 aromatic heterocycles. The van der Waals surface area contributed by atoms with E-state index in [1.54, 1.807) is 30.3 Å². The maximum Gasteiger partial charge on any atom is 0.257 e. The lowest BCUT2D eigenvalue weighted by molar-refractivity contribution is -0.114. The van der Waals surface area contributed by atoms with Gasteiger partial charge in [0.05, 0.1) is 12.1 Å². The minimum Gasteiger partial charge on any atom is -0.326 e. The third-order valence-electron chi connectivity index (χ3n) is 4.29. The number of hydrogen-bond acceptors (Lipinski definition) is 3. The zero-order valence-corrected chi connectivity index (χ0v) is 16.0. The number of hydrogen-bond donors (Lipinski definition) is 2. The molecule has 0 atom stereocenters. The number of aromatic nitrogens is 1. The van der Waals surface area contributed by atoms with E-state index in [2.05, 4.69) is 10.6 Å². The van der Waals surface area contributed by atoms with Crippen molar-refractivity contribution < 1.29 is 14.0 Å². The van der Waals surface area contributed by atoms with Crippen LogP contribution >= 0.6 is 0 Å². The number of anilines is 2. The van der Waals surface area contributed by atoms with E-state index in [0.29, 0.717) is 16.9 Å². The molecule has 148 valence electrons. The molecular formula is C22H20FN3O3. The average Bonchev–Trinajstić information content (AvgIpc) is 2.66. The third-order valence-corrected chi connectivity index (χ3v) is 4.29. The van der Waals surface area contributed by atoms with Crippen molar-refractivity contribution in [3.05, 3.63) is 93.7 Å². The first-order valence-electron chi connectivity index (χ1n) is 8.96. The number of benzene rings is 2. The summed E-state index contributed by atoms with van der Waals surface area (Å²) in [5.41, 5.74) is 2.53. The Hall–Kier alpha value is -3.74. The minimum absolute atomic E-state index is 0.148. The molecule has 0 unspecified atom stereocenters. The van der Waals surface area contributed by atoms with Gasteiger partial charge in [-0.1, -0.05) is 18.2 Å². The van der Waals surface area contributed by atoms with Crippen molar-refractivity contribution >= 4 is 23.2 Å². The van der Waals surface area contributed by atoms with Crippen molar-refractivity contribution in [2.24, 2.45) is 0 Å². The fourth-order valence-corrected chi connectivity index (χ4v) is 2.85. The first-order chi connectivity index (χ1) is 13.8. The number of halogens is 1. The first-order valence-corrected chi connectivity index (χ1v) is 8.96. The summed E-state index contributed by atoms with van der Waals surface area (Å²) in [6.45, 7) is 3.38. The number of carbonyl (C=O) groups excluding carboxylic acids is 2. The van der Waals surface area contributed by atoms with Crippen LogP contribution in [0, 0.1) is 12.7 Å². The van der Waals surface area contributed by atoms with Crippen molar-refractivity contribution in [3.8, 4) is 0 Å². The molecule has 0 fully saturated rings. The molecule has 2 aromatic carbocycles. The highest BCUT2D eigenvalue weighted by Crippen LogP contribution is 2.21. The second-order valence-electron chi connectivity index (χ2n) is 6.68. The van der Waals surface area contributed by atoms with E-state index >= 15 is 0 Å². The molecule has 1 heterocycles. The van der Waals surface area contributed by atoms with Crippen molar-refractivity contribution in [3.63, 3.8) is 0 Å². The lowest BCUT2D eigenvalue weighted by atomic mass is 10.1. The predicted molar refractivity (Wildman–Crippen MR) is 110 cm³/mol. The second kappa shape index (κ2) is 8.52. The van der Waals surface area contributed by atoms with Crippen LogP contribution in [0.1, 0.15) is 28.4 Å². The van der Waals surface area contributed by atoms with E-state index in [-0.39, 0.29) is 29.4 Å². The molecule has 0 aliphatic heterocycles. The van der Waals surface area contributed by atoms with Crippen LogP contribution in [0.4, 0.5) is 15.8 Å². The highest BCUT2D eigenvalue weighted by Gasteiger charge is 2.11. The van der Waals surface area contributed by atoms with Gasteiger partial charge in [-0.2, -0.15) is 0 Å². The number of aryl methyl sites for hydroxylation is 1. The van der Waals surface area contributed by atoms with E-state index in [1.165, 1.54) is 42.0 Å². The molecule has 3 aromatic rings. The molecule has 0 aliphatic carbocycles. The highest BCUT2D eigenvalue weighted by atomic mass is 19.1. The van der Waals surface area contributed by atoms with Crippen LogP contribution in [-0.2, 0) is 11.3 Å². The number of nitrogens with one attached hydrogen (secondary N) is 2. The zero-order chi connectivity index (χ0) is 21.0. The molecule has 0 aliphatic rings. The van der Waals surface area contributed by atoms with E-state index < -0.39 is 5.91 Å².